The number of hydrogen-bond donors (Lipinski definition) is 1. The molecule has 0 saturated heterocycles. The molecule has 0 saturated carbocycles. The summed E-state index contributed by atoms with van der Waals surface area (Å²) in [6.45, 7) is 2.75. The Hall–Kier alpha value is -2.13. The van der Waals surface area contributed by atoms with Crippen molar-refractivity contribution in [2.24, 2.45) is 0 Å². The van der Waals surface area contributed by atoms with E-state index in [0.717, 1.165) is 29.6 Å². The zero-order valence-electron chi connectivity index (χ0n) is 13.5. The second kappa shape index (κ2) is 7.76. The van der Waals surface area contributed by atoms with E-state index in [1.54, 1.807) is 0 Å². The molecule has 0 unspecified atom stereocenters. The predicted molar refractivity (Wildman–Crippen MR) is 90.5 cm³/mol. The number of rotatable bonds is 7. The number of carbonyl (C=O) groups excluding carboxylic acids is 1. The van der Waals surface area contributed by atoms with Crippen LogP contribution in [0.3, 0.4) is 0 Å². The van der Waals surface area contributed by atoms with E-state index in [1.165, 1.54) is 5.56 Å². The third kappa shape index (κ3) is 5.34. The number of amides is 1. The van der Waals surface area contributed by atoms with E-state index in [9.17, 15) is 4.79 Å². The Morgan fingerprint density at radius 2 is 1.55 bits per heavy atom. The topological polar surface area (TPSA) is 29.1 Å². The molecule has 116 valence electrons. The number of hydrogen-bond acceptors (Lipinski definition) is 1. The molecule has 0 aliphatic rings. The molecule has 0 spiro atoms. The standard InChI is InChI=1S/C19H24N2O/c1-21(2,16-17-10-5-3-6-11-17)15-9-14-20-19(22)18-12-7-4-8-13-18/h3-8,10-13H,9,14-16H2,1-2H3/p+1. The van der Waals surface area contributed by atoms with Crippen molar-refractivity contribution in [2.75, 3.05) is 27.2 Å². The lowest BCUT2D eigenvalue weighted by atomic mass is 10.2. The van der Waals surface area contributed by atoms with E-state index >= 15 is 0 Å². The van der Waals surface area contributed by atoms with E-state index in [1.807, 2.05) is 36.4 Å². The molecule has 2 aromatic carbocycles. The highest BCUT2D eigenvalue weighted by Gasteiger charge is 2.15. The maximum Gasteiger partial charge on any atom is 0.251 e. The molecule has 0 fully saturated rings. The number of carbonyl (C=O) groups is 1. The number of benzene rings is 2. The minimum Gasteiger partial charge on any atom is -0.352 e. The molecule has 2 aromatic rings. The van der Waals surface area contributed by atoms with Crippen molar-refractivity contribution in [3.8, 4) is 0 Å². The molecular weight excluding hydrogens is 272 g/mol. The third-order valence-electron chi connectivity index (χ3n) is 3.72. The Kier molecular flexibility index (Phi) is 5.73. The fraction of sp³-hybridized carbons (Fsp3) is 0.316. The highest BCUT2D eigenvalue weighted by molar-refractivity contribution is 5.94. The van der Waals surface area contributed by atoms with Gasteiger partial charge in [0, 0.05) is 24.1 Å². The van der Waals surface area contributed by atoms with Crippen molar-refractivity contribution in [2.45, 2.75) is 13.0 Å². The summed E-state index contributed by atoms with van der Waals surface area (Å²) in [5.41, 5.74) is 2.07. The van der Waals surface area contributed by atoms with Gasteiger partial charge in [0.15, 0.2) is 0 Å². The Balaban J connectivity index is 1.72. The first-order valence-electron chi connectivity index (χ1n) is 7.76. The highest BCUT2D eigenvalue weighted by atomic mass is 16.1. The normalized spacial score (nSPS) is 11.2. The summed E-state index contributed by atoms with van der Waals surface area (Å²) in [6, 6.07) is 19.9. The van der Waals surface area contributed by atoms with Gasteiger partial charge in [-0.3, -0.25) is 4.79 Å². The van der Waals surface area contributed by atoms with Crippen LogP contribution in [0.15, 0.2) is 60.7 Å². The van der Waals surface area contributed by atoms with Gasteiger partial charge in [-0.1, -0.05) is 48.5 Å². The molecule has 2 rings (SSSR count). The van der Waals surface area contributed by atoms with Crippen LogP contribution < -0.4 is 5.32 Å². The van der Waals surface area contributed by atoms with Crippen molar-refractivity contribution >= 4 is 5.91 Å². The minimum absolute atomic E-state index is 0.00830. The molecule has 0 aliphatic carbocycles. The van der Waals surface area contributed by atoms with E-state index < -0.39 is 0 Å². The van der Waals surface area contributed by atoms with Gasteiger partial charge in [-0.2, -0.15) is 0 Å². The van der Waals surface area contributed by atoms with Crippen LogP contribution >= 0.6 is 0 Å². The zero-order valence-corrected chi connectivity index (χ0v) is 13.5. The average molecular weight is 297 g/mol. The quantitative estimate of drug-likeness (QED) is 0.617. The van der Waals surface area contributed by atoms with Gasteiger partial charge in [0.2, 0.25) is 0 Å². The summed E-state index contributed by atoms with van der Waals surface area (Å²) < 4.78 is 0.922. The zero-order chi connectivity index (χ0) is 15.8. The van der Waals surface area contributed by atoms with Crippen molar-refractivity contribution in [3.63, 3.8) is 0 Å². The van der Waals surface area contributed by atoms with E-state index in [-0.39, 0.29) is 5.91 Å². The first kappa shape index (κ1) is 16.2. The summed E-state index contributed by atoms with van der Waals surface area (Å²) in [5, 5.41) is 2.99. The number of quaternary nitrogens is 1. The first-order chi connectivity index (χ1) is 10.6. The Morgan fingerprint density at radius 1 is 0.955 bits per heavy atom. The third-order valence-corrected chi connectivity index (χ3v) is 3.72. The molecule has 3 heteroatoms. The molecule has 0 radical (unpaired) electrons. The lowest BCUT2D eigenvalue weighted by Crippen LogP contribution is -2.41. The maximum atomic E-state index is 11.9. The average Bonchev–Trinajstić information content (AvgIpc) is 2.53. The van der Waals surface area contributed by atoms with Crippen LogP contribution in [0, 0.1) is 0 Å². The van der Waals surface area contributed by atoms with Crippen LogP contribution in [0.1, 0.15) is 22.3 Å². The summed E-state index contributed by atoms with van der Waals surface area (Å²) in [7, 11) is 4.46. The number of nitrogens with zero attached hydrogens (tertiary/aromatic N) is 1. The van der Waals surface area contributed by atoms with Crippen LogP contribution in [0.4, 0.5) is 0 Å². The maximum absolute atomic E-state index is 11.9. The van der Waals surface area contributed by atoms with Crippen LogP contribution in [0.5, 0.6) is 0 Å². The Morgan fingerprint density at radius 3 is 2.18 bits per heavy atom. The van der Waals surface area contributed by atoms with Gasteiger partial charge in [0.25, 0.3) is 5.91 Å². The van der Waals surface area contributed by atoms with Gasteiger partial charge in [-0.25, -0.2) is 0 Å². The highest BCUT2D eigenvalue weighted by Crippen LogP contribution is 2.09. The largest absolute Gasteiger partial charge is 0.352 e. The van der Waals surface area contributed by atoms with Gasteiger partial charge in [0.05, 0.1) is 20.6 Å². The molecule has 0 atom stereocenters. The van der Waals surface area contributed by atoms with Gasteiger partial charge < -0.3 is 9.80 Å². The molecular formula is C19H25N2O+. The van der Waals surface area contributed by atoms with Gasteiger partial charge in [0.1, 0.15) is 6.54 Å². The fourth-order valence-electron chi connectivity index (χ4n) is 2.56. The van der Waals surface area contributed by atoms with Crippen LogP contribution in [0.2, 0.25) is 0 Å². The predicted octanol–water partition coefficient (Wildman–Crippen LogP) is 3.08. The molecule has 0 aromatic heterocycles. The molecule has 0 bridgehead atoms. The van der Waals surface area contributed by atoms with Crippen molar-refractivity contribution in [3.05, 3.63) is 71.8 Å². The van der Waals surface area contributed by atoms with Crippen LogP contribution in [-0.2, 0) is 6.54 Å². The number of nitrogens with one attached hydrogen (secondary N) is 1. The van der Waals surface area contributed by atoms with Gasteiger partial charge >= 0.3 is 0 Å². The monoisotopic (exact) mass is 297 g/mol. The molecule has 0 aliphatic heterocycles. The lowest BCUT2D eigenvalue weighted by Gasteiger charge is -2.30. The van der Waals surface area contributed by atoms with Crippen molar-refractivity contribution in [1.82, 2.24) is 5.32 Å². The second-order valence-electron chi connectivity index (χ2n) is 6.28. The minimum atomic E-state index is 0.00830. The molecule has 0 heterocycles. The van der Waals surface area contributed by atoms with Crippen molar-refractivity contribution < 1.29 is 9.28 Å². The summed E-state index contributed by atoms with van der Waals surface area (Å²) >= 11 is 0. The van der Waals surface area contributed by atoms with Gasteiger partial charge in [-0.15, -0.1) is 0 Å². The first-order valence-corrected chi connectivity index (χ1v) is 7.76. The van der Waals surface area contributed by atoms with E-state index in [0.29, 0.717) is 6.54 Å². The molecule has 1 N–H and O–H groups in total. The van der Waals surface area contributed by atoms with Gasteiger partial charge in [-0.05, 0) is 12.1 Å². The smallest absolute Gasteiger partial charge is 0.251 e. The molecule has 3 nitrogen and oxygen atoms in total. The van der Waals surface area contributed by atoms with E-state index in [4.69, 9.17) is 0 Å². The summed E-state index contributed by atoms with van der Waals surface area (Å²) in [4.78, 5) is 11.9. The second-order valence-corrected chi connectivity index (χ2v) is 6.28. The SMILES string of the molecule is C[N+](C)(CCCNC(=O)c1ccccc1)Cc1ccccc1. The molecule has 1 amide bonds. The fourth-order valence-corrected chi connectivity index (χ4v) is 2.56. The Bertz CT molecular complexity index is 579. The summed E-state index contributed by atoms with van der Waals surface area (Å²) in [6.07, 6.45) is 0.971. The van der Waals surface area contributed by atoms with Crippen LogP contribution in [0.25, 0.3) is 0 Å². The Labute approximate surface area is 133 Å². The van der Waals surface area contributed by atoms with Crippen molar-refractivity contribution in [1.29, 1.82) is 0 Å². The van der Waals surface area contributed by atoms with E-state index in [2.05, 4.69) is 43.7 Å². The lowest BCUT2D eigenvalue weighted by molar-refractivity contribution is -0.903. The summed E-state index contributed by atoms with van der Waals surface area (Å²) in [5.74, 6) is 0.00830. The van der Waals surface area contributed by atoms with Crippen LogP contribution in [-0.4, -0.2) is 37.6 Å². The molecule has 22 heavy (non-hydrogen) atoms.